The van der Waals surface area contributed by atoms with E-state index < -0.39 is 22.3 Å². The first kappa shape index (κ1) is 13.5. The van der Waals surface area contributed by atoms with Crippen LogP contribution in [0.4, 0.5) is 5.69 Å². The molecule has 0 saturated carbocycles. The van der Waals surface area contributed by atoms with Crippen LogP contribution >= 0.6 is 0 Å². The Labute approximate surface area is 112 Å². The molecule has 0 bridgehead atoms. The summed E-state index contributed by atoms with van der Waals surface area (Å²) in [6.07, 6.45) is 0.964. The molecule has 2 heterocycles. The molecule has 0 amide bonds. The summed E-state index contributed by atoms with van der Waals surface area (Å²) in [5, 5.41) is 24.0. The number of aromatic nitrogens is 3. The molecule has 0 fully saturated rings. The number of esters is 1. The van der Waals surface area contributed by atoms with E-state index in [9.17, 15) is 20.1 Å². The maximum absolute atomic E-state index is 11.7. The lowest BCUT2D eigenvalue weighted by atomic mass is 10.2. The molecule has 106 valence electrons. The van der Waals surface area contributed by atoms with Crippen molar-refractivity contribution in [2.45, 2.75) is 6.92 Å². The lowest BCUT2D eigenvalue weighted by molar-refractivity contribution is -0.384. The summed E-state index contributed by atoms with van der Waals surface area (Å²) >= 11 is 0. The minimum atomic E-state index is -0.929. The van der Waals surface area contributed by atoms with Gasteiger partial charge >= 0.3 is 11.7 Å². The SMILES string of the molecule is CCOC(=O)c1nc2c(OC)nn(O)cc-2c1[N+](=O)[O-]. The van der Waals surface area contributed by atoms with Crippen molar-refractivity contribution in [2.24, 2.45) is 0 Å². The molecule has 0 aromatic heterocycles. The molecule has 20 heavy (non-hydrogen) atoms. The molecule has 0 radical (unpaired) electrons. The van der Waals surface area contributed by atoms with Crippen molar-refractivity contribution in [3.63, 3.8) is 0 Å². The molecule has 10 nitrogen and oxygen atoms in total. The van der Waals surface area contributed by atoms with Crippen LogP contribution in [0, 0.1) is 10.1 Å². The quantitative estimate of drug-likeness (QED) is 0.375. The first-order valence-corrected chi connectivity index (χ1v) is 5.47. The van der Waals surface area contributed by atoms with Gasteiger partial charge in [-0.15, -0.1) is 4.85 Å². The zero-order valence-corrected chi connectivity index (χ0v) is 10.6. The van der Waals surface area contributed by atoms with Gasteiger partial charge in [0.25, 0.3) is 5.88 Å². The van der Waals surface area contributed by atoms with Crippen LogP contribution in [0.25, 0.3) is 11.3 Å². The summed E-state index contributed by atoms with van der Waals surface area (Å²) in [4.78, 5) is 26.2. The largest absolute Gasteiger partial charge is 0.478 e. The van der Waals surface area contributed by atoms with Crippen LogP contribution < -0.4 is 4.74 Å². The minimum absolute atomic E-state index is 0.00690. The predicted octanol–water partition coefficient (Wildman–Crippen LogP) is 0.714. The Bertz CT molecular complexity index is 652. The number of carbonyl (C=O) groups is 1. The van der Waals surface area contributed by atoms with E-state index in [1.54, 1.807) is 6.92 Å². The van der Waals surface area contributed by atoms with Crippen molar-refractivity contribution >= 4 is 11.7 Å². The van der Waals surface area contributed by atoms with Crippen molar-refractivity contribution in [3.8, 4) is 17.1 Å². The Balaban J connectivity index is 2.74. The average molecular weight is 282 g/mol. The topological polar surface area (TPSA) is 130 Å². The molecular weight excluding hydrogens is 272 g/mol. The maximum Gasteiger partial charge on any atom is 0.364 e. The van der Waals surface area contributed by atoms with E-state index in [-0.39, 0.29) is 23.7 Å². The molecule has 0 aliphatic carbocycles. The van der Waals surface area contributed by atoms with E-state index in [1.165, 1.54) is 7.11 Å². The number of ether oxygens (including phenoxy) is 2. The Morgan fingerprint density at radius 1 is 1.60 bits per heavy atom. The second kappa shape index (κ2) is 4.99. The number of hydrogen-bond acceptors (Lipinski definition) is 8. The summed E-state index contributed by atoms with van der Waals surface area (Å²) in [5.41, 5.74) is -1.11. The Kier molecular flexibility index (Phi) is 3.37. The highest BCUT2D eigenvalue weighted by molar-refractivity contribution is 5.98. The van der Waals surface area contributed by atoms with Crippen LogP contribution in [0.15, 0.2) is 6.20 Å². The smallest absolute Gasteiger partial charge is 0.364 e. The number of nitro groups is 1. The van der Waals surface area contributed by atoms with Crippen LogP contribution in [0.5, 0.6) is 5.88 Å². The Morgan fingerprint density at radius 3 is 2.85 bits per heavy atom. The summed E-state index contributed by atoms with van der Waals surface area (Å²) in [7, 11) is 1.26. The summed E-state index contributed by atoms with van der Waals surface area (Å²) in [6, 6.07) is 0. The van der Waals surface area contributed by atoms with Crippen LogP contribution in [0.1, 0.15) is 17.4 Å². The first-order valence-electron chi connectivity index (χ1n) is 5.47. The lowest BCUT2D eigenvalue weighted by Crippen LogP contribution is -2.07. The monoisotopic (exact) mass is 282 g/mol. The van der Waals surface area contributed by atoms with Gasteiger partial charge in [0, 0.05) is 0 Å². The van der Waals surface area contributed by atoms with Crippen LogP contribution in [-0.4, -0.2) is 44.7 Å². The third-order valence-electron chi connectivity index (χ3n) is 2.44. The molecule has 0 unspecified atom stereocenters. The van der Waals surface area contributed by atoms with Gasteiger partial charge in [0.2, 0.25) is 5.69 Å². The second-order valence-electron chi connectivity index (χ2n) is 3.61. The highest BCUT2D eigenvalue weighted by atomic mass is 16.6. The Morgan fingerprint density at radius 2 is 2.30 bits per heavy atom. The lowest BCUT2D eigenvalue weighted by Gasteiger charge is -2.04. The van der Waals surface area contributed by atoms with Crippen LogP contribution in [-0.2, 0) is 4.74 Å². The number of hydrogen-bond donors (Lipinski definition) is 1. The van der Waals surface area contributed by atoms with Gasteiger partial charge in [0.05, 0.1) is 24.8 Å². The zero-order valence-electron chi connectivity index (χ0n) is 10.6. The molecule has 2 aliphatic heterocycles. The van der Waals surface area contributed by atoms with Gasteiger partial charge in [-0.3, -0.25) is 10.1 Å². The van der Waals surface area contributed by atoms with Gasteiger partial charge in [0.15, 0.2) is 0 Å². The maximum atomic E-state index is 11.7. The summed E-state index contributed by atoms with van der Waals surface area (Å²) in [6.45, 7) is 1.62. The van der Waals surface area contributed by atoms with Crippen LogP contribution in [0.2, 0.25) is 0 Å². The second-order valence-corrected chi connectivity index (χ2v) is 3.61. The van der Waals surface area contributed by atoms with Gasteiger partial charge in [-0.1, -0.05) is 5.10 Å². The fraction of sp³-hybridized carbons (Fsp3) is 0.300. The standard InChI is InChI=1S/C10H10N4O6/c1-3-20-10(15)7-8(14(17)18)5-4-13(16)12-9(19-2)6(5)11-7/h4,16H,3H2,1-2H3. The van der Waals surface area contributed by atoms with E-state index in [0.29, 0.717) is 4.85 Å². The average Bonchev–Trinajstić information content (AvgIpc) is 2.77. The summed E-state index contributed by atoms with van der Waals surface area (Å²) in [5.74, 6) is -1.08. The van der Waals surface area contributed by atoms with E-state index in [4.69, 9.17) is 9.47 Å². The molecule has 0 spiro atoms. The zero-order chi connectivity index (χ0) is 14.9. The van der Waals surface area contributed by atoms with Gasteiger partial charge in [-0.25, -0.2) is 9.78 Å². The van der Waals surface area contributed by atoms with Gasteiger partial charge in [-0.2, -0.15) is 0 Å². The molecule has 0 aromatic carbocycles. The van der Waals surface area contributed by atoms with Gasteiger partial charge < -0.3 is 14.7 Å². The van der Waals surface area contributed by atoms with Crippen molar-refractivity contribution in [1.82, 2.24) is 14.9 Å². The molecular formula is C10H10N4O6. The fourth-order valence-electron chi connectivity index (χ4n) is 1.70. The first-order chi connectivity index (χ1) is 9.49. The predicted molar refractivity (Wildman–Crippen MR) is 63.0 cm³/mol. The summed E-state index contributed by atoms with van der Waals surface area (Å²) < 4.78 is 9.58. The van der Waals surface area contributed by atoms with Gasteiger partial charge in [-0.05, 0) is 6.92 Å². The molecule has 0 aromatic rings. The molecule has 1 N–H and O–H groups in total. The highest BCUT2D eigenvalue weighted by Gasteiger charge is 2.36. The molecule has 0 saturated heterocycles. The van der Waals surface area contributed by atoms with E-state index in [0.717, 1.165) is 6.20 Å². The van der Waals surface area contributed by atoms with E-state index in [2.05, 4.69) is 10.1 Å². The molecule has 10 heteroatoms. The number of carbonyl (C=O) groups excluding carboxylic acids is 1. The van der Waals surface area contributed by atoms with Gasteiger partial charge in [0.1, 0.15) is 11.3 Å². The number of fused-ring (bicyclic) bond motifs is 1. The number of methoxy groups -OCH3 is 1. The Hall–Kier alpha value is -2.91. The van der Waals surface area contributed by atoms with E-state index in [1.807, 2.05) is 0 Å². The minimum Gasteiger partial charge on any atom is -0.478 e. The molecule has 2 rings (SSSR count). The van der Waals surface area contributed by atoms with Crippen molar-refractivity contribution in [3.05, 3.63) is 22.0 Å². The molecule has 2 aliphatic rings. The third kappa shape index (κ3) is 2.06. The molecule has 0 atom stereocenters. The number of rotatable bonds is 4. The van der Waals surface area contributed by atoms with E-state index >= 15 is 0 Å². The number of nitrogens with zero attached hydrogens (tertiary/aromatic N) is 4. The fourth-order valence-corrected chi connectivity index (χ4v) is 1.70. The van der Waals surface area contributed by atoms with Crippen molar-refractivity contribution < 1.29 is 24.4 Å². The van der Waals surface area contributed by atoms with Crippen molar-refractivity contribution in [2.75, 3.05) is 13.7 Å². The van der Waals surface area contributed by atoms with Crippen molar-refractivity contribution in [1.29, 1.82) is 0 Å². The normalized spacial score (nSPS) is 10.5. The van der Waals surface area contributed by atoms with Crippen LogP contribution in [0.3, 0.4) is 0 Å². The third-order valence-corrected chi connectivity index (χ3v) is 2.44. The highest BCUT2D eigenvalue weighted by Crippen LogP contribution is 2.39.